The minimum absolute atomic E-state index is 0.270. The number of halogens is 1. The molecule has 0 aliphatic carbocycles. The van der Waals surface area contributed by atoms with Crippen molar-refractivity contribution in [2.75, 3.05) is 31.1 Å². The lowest BCUT2D eigenvalue weighted by Gasteiger charge is -2.36. The lowest BCUT2D eigenvalue weighted by molar-refractivity contribution is 0.249. The van der Waals surface area contributed by atoms with Crippen LogP contribution in [-0.2, 0) is 6.54 Å². The fraction of sp³-hybridized carbons (Fsp3) is 0.263. The van der Waals surface area contributed by atoms with Crippen molar-refractivity contribution in [3.63, 3.8) is 0 Å². The van der Waals surface area contributed by atoms with E-state index in [1.807, 2.05) is 18.5 Å². The van der Waals surface area contributed by atoms with Gasteiger partial charge in [0.25, 0.3) is 0 Å². The maximum atomic E-state index is 13.3. The molecule has 0 bridgehead atoms. The van der Waals surface area contributed by atoms with Crippen LogP contribution in [0.4, 0.5) is 10.1 Å². The minimum Gasteiger partial charge on any atom is -0.367 e. The highest BCUT2D eigenvalue weighted by molar-refractivity contribution is 5.93. The van der Waals surface area contributed by atoms with Crippen molar-refractivity contribution in [3.05, 3.63) is 66.5 Å². The van der Waals surface area contributed by atoms with Crippen LogP contribution in [0.25, 0.3) is 10.8 Å². The van der Waals surface area contributed by atoms with Gasteiger partial charge in [0.1, 0.15) is 5.82 Å². The highest BCUT2D eigenvalue weighted by Crippen LogP contribution is 2.26. The average molecular weight is 322 g/mol. The van der Waals surface area contributed by atoms with Crippen molar-refractivity contribution in [2.24, 2.45) is 0 Å². The van der Waals surface area contributed by atoms with Crippen LogP contribution in [-0.4, -0.2) is 41.0 Å². The van der Waals surface area contributed by atoms with E-state index in [4.69, 9.17) is 0 Å². The summed E-state index contributed by atoms with van der Waals surface area (Å²) in [4.78, 5) is 13.0. The summed E-state index contributed by atoms with van der Waals surface area (Å²) in [5, 5.41) is 2.42. The molecule has 3 heterocycles. The summed E-state index contributed by atoms with van der Waals surface area (Å²) in [6, 6.07) is 9.92. The van der Waals surface area contributed by atoms with Crippen molar-refractivity contribution in [2.45, 2.75) is 6.54 Å². The summed E-state index contributed by atoms with van der Waals surface area (Å²) >= 11 is 0. The molecule has 2 aromatic heterocycles. The predicted molar refractivity (Wildman–Crippen MR) is 93.4 cm³/mol. The van der Waals surface area contributed by atoms with Gasteiger partial charge in [-0.3, -0.25) is 14.9 Å². The number of pyridine rings is 2. The Kier molecular flexibility index (Phi) is 4.09. The zero-order valence-corrected chi connectivity index (χ0v) is 13.4. The first-order valence-electron chi connectivity index (χ1n) is 8.19. The molecule has 1 fully saturated rings. The van der Waals surface area contributed by atoms with Crippen LogP contribution in [0.3, 0.4) is 0 Å². The van der Waals surface area contributed by atoms with Crippen LogP contribution in [0, 0.1) is 5.82 Å². The Bertz CT molecular complexity index is 838. The quantitative estimate of drug-likeness (QED) is 0.742. The van der Waals surface area contributed by atoms with Gasteiger partial charge in [0.2, 0.25) is 0 Å². The standard InChI is InChI=1S/C19H19FN4/c20-17-9-15(10-21-12-17)14-23-5-7-24(8-6-23)19-13-22-11-16-3-1-2-4-18(16)19/h1-4,9-13H,5-8,14H2. The lowest BCUT2D eigenvalue weighted by Crippen LogP contribution is -2.46. The van der Waals surface area contributed by atoms with Gasteiger partial charge in [0.05, 0.1) is 18.1 Å². The van der Waals surface area contributed by atoms with Crippen LogP contribution in [0.15, 0.2) is 55.1 Å². The average Bonchev–Trinajstić information content (AvgIpc) is 2.62. The fourth-order valence-electron chi connectivity index (χ4n) is 3.30. The van der Waals surface area contributed by atoms with Gasteiger partial charge in [0, 0.05) is 55.9 Å². The second-order valence-corrected chi connectivity index (χ2v) is 6.15. The van der Waals surface area contributed by atoms with E-state index in [0.29, 0.717) is 0 Å². The van der Waals surface area contributed by atoms with Crippen molar-refractivity contribution in [1.29, 1.82) is 0 Å². The number of nitrogens with zero attached hydrogens (tertiary/aromatic N) is 4. The smallest absolute Gasteiger partial charge is 0.141 e. The van der Waals surface area contributed by atoms with E-state index in [9.17, 15) is 4.39 Å². The summed E-state index contributed by atoms with van der Waals surface area (Å²) in [6.07, 6.45) is 6.85. The van der Waals surface area contributed by atoms with Crippen LogP contribution < -0.4 is 4.90 Å². The molecule has 0 radical (unpaired) electrons. The van der Waals surface area contributed by atoms with Crippen LogP contribution in [0.5, 0.6) is 0 Å². The molecule has 3 aromatic rings. The summed E-state index contributed by atoms with van der Waals surface area (Å²) in [5.41, 5.74) is 2.12. The molecule has 122 valence electrons. The van der Waals surface area contributed by atoms with Gasteiger partial charge in [-0.2, -0.15) is 0 Å². The molecule has 5 heteroatoms. The largest absolute Gasteiger partial charge is 0.367 e. The molecule has 1 aromatic carbocycles. The van der Waals surface area contributed by atoms with E-state index in [0.717, 1.165) is 38.3 Å². The first-order valence-corrected chi connectivity index (χ1v) is 8.19. The number of rotatable bonds is 3. The summed E-state index contributed by atoms with van der Waals surface area (Å²) in [5.74, 6) is -0.270. The van der Waals surface area contributed by atoms with Crippen molar-refractivity contribution >= 4 is 16.5 Å². The van der Waals surface area contributed by atoms with Gasteiger partial charge in [-0.25, -0.2) is 4.39 Å². The lowest BCUT2D eigenvalue weighted by atomic mass is 10.1. The van der Waals surface area contributed by atoms with Crippen molar-refractivity contribution in [3.8, 4) is 0 Å². The zero-order valence-electron chi connectivity index (χ0n) is 13.4. The van der Waals surface area contributed by atoms with Gasteiger partial charge in [-0.05, 0) is 11.6 Å². The molecule has 24 heavy (non-hydrogen) atoms. The molecular weight excluding hydrogens is 303 g/mol. The number of piperazine rings is 1. The molecule has 1 saturated heterocycles. The predicted octanol–water partition coefficient (Wildman–Crippen LogP) is 3.09. The van der Waals surface area contributed by atoms with E-state index in [-0.39, 0.29) is 5.82 Å². The van der Waals surface area contributed by atoms with Crippen LogP contribution in [0.1, 0.15) is 5.56 Å². The maximum Gasteiger partial charge on any atom is 0.141 e. The van der Waals surface area contributed by atoms with Crippen LogP contribution >= 0.6 is 0 Å². The van der Waals surface area contributed by atoms with Crippen molar-refractivity contribution < 1.29 is 4.39 Å². The van der Waals surface area contributed by atoms with E-state index in [1.165, 1.54) is 22.7 Å². The Morgan fingerprint density at radius 2 is 1.71 bits per heavy atom. The molecular formula is C19H19FN4. The molecule has 1 aliphatic heterocycles. The van der Waals surface area contributed by atoms with Gasteiger partial charge >= 0.3 is 0 Å². The molecule has 0 spiro atoms. The molecule has 1 aliphatic rings. The molecule has 0 amide bonds. The summed E-state index contributed by atoms with van der Waals surface area (Å²) < 4.78 is 13.3. The zero-order chi connectivity index (χ0) is 16.4. The summed E-state index contributed by atoms with van der Waals surface area (Å²) in [7, 11) is 0. The first-order chi connectivity index (χ1) is 11.8. The molecule has 4 nitrogen and oxygen atoms in total. The van der Waals surface area contributed by atoms with Crippen molar-refractivity contribution in [1.82, 2.24) is 14.9 Å². The molecule has 0 N–H and O–H groups in total. The first kappa shape index (κ1) is 15.0. The number of hydrogen-bond acceptors (Lipinski definition) is 4. The monoisotopic (exact) mass is 322 g/mol. The molecule has 0 saturated carbocycles. The second-order valence-electron chi connectivity index (χ2n) is 6.15. The Morgan fingerprint density at radius 3 is 2.54 bits per heavy atom. The SMILES string of the molecule is Fc1cncc(CN2CCN(c3cncc4ccccc34)CC2)c1. The third-order valence-electron chi connectivity index (χ3n) is 4.53. The van der Waals surface area contributed by atoms with Crippen LogP contribution in [0.2, 0.25) is 0 Å². The second kappa shape index (κ2) is 6.53. The molecule has 0 unspecified atom stereocenters. The Hall–Kier alpha value is -2.53. The number of fused-ring (bicyclic) bond motifs is 1. The van der Waals surface area contributed by atoms with Gasteiger partial charge in [-0.1, -0.05) is 24.3 Å². The minimum atomic E-state index is -0.270. The third kappa shape index (κ3) is 3.08. The molecule has 0 atom stereocenters. The maximum absolute atomic E-state index is 13.3. The third-order valence-corrected chi connectivity index (χ3v) is 4.53. The van der Waals surface area contributed by atoms with Gasteiger partial charge in [0.15, 0.2) is 0 Å². The highest BCUT2D eigenvalue weighted by atomic mass is 19.1. The fourth-order valence-corrected chi connectivity index (χ4v) is 3.30. The van der Waals surface area contributed by atoms with E-state index in [2.05, 4.69) is 38.0 Å². The Morgan fingerprint density at radius 1 is 0.917 bits per heavy atom. The number of anilines is 1. The molecule has 4 rings (SSSR count). The Labute approximate surface area is 140 Å². The topological polar surface area (TPSA) is 32.3 Å². The Balaban J connectivity index is 1.46. The normalized spacial score (nSPS) is 15.8. The van der Waals surface area contributed by atoms with Gasteiger partial charge in [-0.15, -0.1) is 0 Å². The van der Waals surface area contributed by atoms with Gasteiger partial charge < -0.3 is 4.90 Å². The number of hydrogen-bond donors (Lipinski definition) is 0. The summed E-state index contributed by atoms with van der Waals surface area (Å²) in [6.45, 7) is 4.52. The number of aromatic nitrogens is 2. The van der Waals surface area contributed by atoms with E-state index >= 15 is 0 Å². The van der Waals surface area contributed by atoms with E-state index < -0.39 is 0 Å². The van der Waals surface area contributed by atoms with E-state index in [1.54, 1.807) is 12.3 Å². The highest BCUT2D eigenvalue weighted by Gasteiger charge is 2.19. The number of benzene rings is 1.